The number of hydrogen-bond acceptors (Lipinski definition) is 4. The van der Waals surface area contributed by atoms with Crippen LogP contribution >= 0.6 is 0 Å². The van der Waals surface area contributed by atoms with Crippen LogP contribution in [0, 0.1) is 0 Å². The van der Waals surface area contributed by atoms with Gasteiger partial charge in [0.05, 0.1) is 4.90 Å². The average Bonchev–Trinajstić information content (AvgIpc) is 2.27. The molecule has 1 N–H and O–H groups in total. The maximum Gasteiger partial charge on any atom is 0.240 e. The highest BCUT2D eigenvalue weighted by molar-refractivity contribution is 7.89. The number of Topliss-reactive ketones (excluding diaryl/α,β-unsaturated/α-hetero) is 1. The number of nitrogens with one attached hydrogen (secondary N) is 1. The zero-order chi connectivity index (χ0) is 14.6. The van der Waals surface area contributed by atoms with E-state index in [9.17, 15) is 17.4 Å². The van der Waals surface area contributed by atoms with E-state index in [1.165, 1.54) is 37.4 Å². The zero-order valence-electron chi connectivity index (χ0n) is 11.0. The number of carbonyl (C=O) groups is 1. The molecule has 0 aromatic heterocycles. The van der Waals surface area contributed by atoms with Gasteiger partial charge < -0.3 is 0 Å². The summed E-state index contributed by atoms with van der Waals surface area (Å²) in [6.07, 6.45) is 1.52. The average molecular weight is 303 g/mol. The number of ketones is 1. The van der Waals surface area contributed by atoms with Gasteiger partial charge in [-0.15, -0.1) is 0 Å². The zero-order valence-corrected chi connectivity index (χ0v) is 12.7. The number of benzene rings is 1. The molecular formula is C12H17NO4S2. The molecule has 1 rings (SSSR count). The van der Waals surface area contributed by atoms with Crippen LogP contribution < -0.4 is 4.72 Å². The minimum Gasteiger partial charge on any atom is -0.295 e. The van der Waals surface area contributed by atoms with Gasteiger partial charge in [0.25, 0.3) is 0 Å². The molecule has 1 aromatic carbocycles. The molecule has 0 saturated carbocycles. The van der Waals surface area contributed by atoms with Gasteiger partial charge >= 0.3 is 0 Å². The second-order valence-electron chi connectivity index (χ2n) is 4.34. The van der Waals surface area contributed by atoms with E-state index in [1.54, 1.807) is 6.92 Å². The standard InChI is InChI=1S/C12H17NO4S2/c1-9(8-18(3)15)13-19(16,17)12-6-4-11(5-7-12)10(2)14/h4-7,9,13H,8H2,1-3H3. The molecule has 2 atom stereocenters. The van der Waals surface area contributed by atoms with E-state index in [0.29, 0.717) is 5.56 Å². The Hall–Kier alpha value is -1.05. The van der Waals surface area contributed by atoms with E-state index < -0.39 is 26.9 Å². The van der Waals surface area contributed by atoms with Crippen LogP contribution in [0.2, 0.25) is 0 Å². The van der Waals surface area contributed by atoms with Crippen molar-refractivity contribution in [2.45, 2.75) is 24.8 Å². The molecule has 5 nitrogen and oxygen atoms in total. The molecule has 0 fully saturated rings. The van der Waals surface area contributed by atoms with Crippen LogP contribution in [-0.2, 0) is 20.8 Å². The first kappa shape index (κ1) is 16.0. The first-order chi connectivity index (χ1) is 8.72. The lowest BCUT2D eigenvalue weighted by Gasteiger charge is -2.13. The molecule has 2 unspecified atom stereocenters. The van der Waals surface area contributed by atoms with Gasteiger partial charge in [0.15, 0.2) is 5.78 Å². The van der Waals surface area contributed by atoms with Crippen LogP contribution in [0.1, 0.15) is 24.2 Å². The Balaban J connectivity index is 2.88. The molecule has 0 radical (unpaired) electrons. The highest BCUT2D eigenvalue weighted by Gasteiger charge is 2.18. The van der Waals surface area contributed by atoms with E-state index in [2.05, 4.69) is 4.72 Å². The molecule has 0 heterocycles. The minimum absolute atomic E-state index is 0.0891. The second kappa shape index (κ2) is 6.40. The van der Waals surface area contributed by atoms with Gasteiger partial charge in [0.1, 0.15) is 0 Å². The van der Waals surface area contributed by atoms with Gasteiger partial charge in [0, 0.05) is 34.4 Å². The third kappa shape index (κ3) is 4.85. The fourth-order valence-electron chi connectivity index (χ4n) is 1.59. The van der Waals surface area contributed by atoms with Crippen LogP contribution in [0.5, 0.6) is 0 Å². The normalized spacial score (nSPS) is 14.9. The highest BCUT2D eigenvalue weighted by atomic mass is 32.2. The largest absolute Gasteiger partial charge is 0.295 e. The minimum atomic E-state index is -3.64. The van der Waals surface area contributed by atoms with Gasteiger partial charge in [-0.3, -0.25) is 9.00 Å². The third-order valence-electron chi connectivity index (χ3n) is 2.41. The van der Waals surface area contributed by atoms with Crippen molar-refractivity contribution < 1.29 is 17.4 Å². The predicted octanol–water partition coefficient (Wildman–Crippen LogP) is 0.934. The Labute approximate surface area is 115 Å². The molecule has 0 aliphatic rings. The van der Waals surface area contributed by atoms with E-state index in [4.69, 9.17) is 0 Å². The van der Waals surface area contributed by atoms with Crippen LogP contribution in [0.25, 0.3) is 0 Å². The van der Waals surface area contributed by atoms with Gasteiger partial charge in [-0.25, -0.2) is 13.1 Å². The molecule has 0 amide bonds. The predicted molar refractivity (Wildman–Crippen MR) is 75.2 cm³/mol. The first-order valence-electron chi connectivity index (χ1n) is 5.65. The lowest BCUT2D eigenvalue weighted by molar-refractivity contribution is 0.101. The molecule has 0 spiro atoms. The van der Waals surface area contributed by atoms with Crippen molar-refractivity contribution >= 4 is 26.6 Å². The Morgan fingerprint density at radius 1 is 1.32 bits per heavy atom. The Morgan fingerprint density at radius 3 is 2.26 bits per heavy atom. The van der Waals surface area contributed by atoms with Gasteiger partial charge in [-0.05, 0) is 26.0 Å². The summed E-state index contributed by atoms with van der Waals surface area (Å²) in [5.74, 6) is 0.136. The van der Waals surface area contributed by atoms with Crippen LogP contribution in [-0.4, -0.2) is 36.5 Å². The molecule has 7 heteroatoms. The lowest BCUT2D eigenvalue weighted by atomic mass is 10.2. The lowest BCUT2D eigenvalue weighted by Crippen LogP contribution is -2.36. The van der Waals surface area contributed by atoms with E-state index >= 15 is 0 Å². The Bertz CT molecular complexity index is 578. The summed E-state index contributed by atoms with van der Waals surface area (Å²) >= 11 is 0. The van der Waals surface area contributed by atoms with Crippen molar-refractivity contribution in [1.82, 2.24) is 4.72 Å². The van der Waals surface area contributed by atoms with Crippen LogP contribution in [0.15, 0.2) is 29.2 Å². The number of carbonyl (C=O) groups excluding carboxylic acids is 1. The third-order valence-corrected chi connectivity index (χ3v) is 4.99. The van der Waals surface area contributed by atoms with E-state index in [0.717, 1.165) is 0 Å². The molecule has 106 valence electrons. The van der Waals surface area contributed by atoms with Crippen molar-refractivity contribution in [3.8, 4) is 0 Å². The summed E-state index contributed by atoms with van der Waals surface area (Å²) in [7, 11) is -4.71. The van der Waals surface area contributed by atoms with Crippen molar-refractivity contribution in [3.05, 3.63) is 29.8 Å². The molecule has 0 aliphatic carbocycles. The summed E-state index contributed by atoms with van der Waals surface area (Å²) in [6.45, 7) is 3.07. The molecule has 0 bridgehead atoms. The summed E-state index contributed by atoms with van der Waals surface area (Å²) in [4.78, 5) is 11.2. The molecule has 19 heavy (non-hydrogen) atoms. The molecule has 0 saturated heterocycles. The number of sulfonamides is 1. The maximum atomic E-state index is 12.0. The summed E-state index contributed by atoms with van der Waals surface area (Å²) in [6, 6.07) is 5.30. The first-order valence-corrected chi connectivity index (χ1v) is 8.87. The Morgan fingerprint density at radius 2 is 1.84 bits per heavy atom. The molecule has 0 aliphatic heterocycles. The molecule has 1 aromatic rings. The SMILES string of the molecule is CC(=O)c1ccc(S(=O)(=O)NC(C)CS(C)=O)cc1. The summed E-state index contributed by atoms with van der Waals surface area (Å²) < 4.78 is 37.5. The topological polar surface area (TPSA) is 80.3 Å². The summed E-state index contributed by atoms with van der Waals surface area (Å²) in [5, 5.41) is 0. The highest BCUT2D eigenvalue weighted by Crippen LogP contribution is 2.11. The monoisotopic (exact) mass is 303 g/mol. The number of hydrogen-bond donors (Lipinski definition) is 1. The van der Waals surface area contributed by atoms with Crippen molar-refractivity contribution in [3.63, 3.8) is 0 Å². The van der Waals surface area contributed by atoms with E-state index in [1.807, 2.05) is 0 Å². The second-order valence-corrected chi connectivity index (χ2v) is 7.54. The van der Waals surface area contributed by atoms with Crippen LogP contribution in [0.4, 0.5) is 0 Å². The quantitative estimate of drug-likeness (QED) is 0.793. The smallest absolute Gasteiger partial charge is 0.240 e. The van der Waals surface area contributed by atoms with Gasteiger partial charge in [-0.2, -0.15) is 0 Å². The van der Waals surface area contributed by atoms with E-state index in [-0.39, 0.29) is 16.4 Å². The Kier molecular flexibility index (Phi) is 5.39. The van der Waals surface area contributed by atoms with Crippen molar-refractivity contribution in [2.24, 2.45) is 0 Å². The fraction of sp³-hybridized carbons (Fsp3) is 0.417. The van der Waals surface area contributed by atoms with Crippen LogP contribution in [0.3, 0.4) is 0 Å². The van der Waals surface area contributed by atoms with Gasteiger partial charge in [-0.1, -0.05) is 12.1 Å². The maximum absolute atomic E-state index is 12.0. The van der Waals surface area contributed by atoms with Gasteiger partial charge in [0.2, 0.25) is 10.0 Å². The summed E-state index contributed by atoms with van der Waals surface area (Å²) in [5.41, 5.74) is 0.460. The van der Waals surface area contributed by atoms with Crippen molar-refractivity contribution in [2.75, 3.05) is 12.0 Å². The van der Waals surface area contributed by atoms with Crippen molar-refractivity contribution in [1.29, 1.82) is 0 Å². The molecular weight excluding hydrogens is 286 g/mol. The fourth-order valence-corrected chi connectivity index (χ4v) is 3.72. The number of rotatable bonds is 6.